The molecule has 0 heterocycles. The Morgan fingerprint density at radius 3 is 2.83 bits per heavy atom. The third-order valence-corrected chi connectivity index (χ3v) is 1.59. The Labute approximate surface area is 76.1 Å². The fourth-order valence-corrected chi connectivity index (χ4v) is 1.10. The van der Waals surface area contributed by atoms with Gasteiger partial charge in [0.15, 0.2) is 0 Å². The summed E-state index contributed by atoms with van der Waals surface area (Å²) in [5, 5.41) is 0.400. The lowest BCUT2D eigenvalue weighted by atomic mass is 10.1. The van der Waals surface area contributed by atoms with Crippen LogP contribution in [0.4, 0.5) is 4.39 Å². The molecule has 0 saturated carbocycles. The van der Waals surface area contributed by atoms with Gasteiger partial charge in [0.05, 0.1) is 6.61 Å². The van der Waals surface area contributed by atoms with Crippen molar-refractivity contribution in [1.29, 1.82) is 0 Å². The van der Waals surface area contributed by atoms with E-state index in [2.05, 4.69) is 0 Å². The molecule has 0 aliphatic heterocycles. The molecule has 12 heavy (non-hydrogen) atoms. The van der Waals surface area contributed by atoms with E-state index in [-0.39, 0.29) is 5.82 Å². The molecule has 0 N–H and O–H groups in total. The highest BCUT2D eigenvalue weighted by atomic mass is 35.5. The van der Waals surface area contributed by atoms with Crippen LogP contribution in [0.15, 0.2) is 18.2 Å². The molecule has 0 aromatic heterocycles. The fourth-order valence-electron chi connectivity index (χ4n) is 0.873. The zero-order valence-corrected chi connectivity index (χ0v) is 7.44. The van der Waals surface area contributed by atoms with Gasteiger partial charge in [-0.15, -0.1) is 0 Å². The molecule has 0 amide bonds. The minimum absolute atomic E-state index is 0.329. The highest BCUT2D eigenvalue weighted by molar-refractivity contribution is 6.30. The monoisotopic (exact) mass is 187 g/mol. The first kappa shape index (κ1) is 9.49. The van der Waals surface area contributed by atoms with Crippen LogP contribution >= 0.6 is 11.6 Å². The Balaban J connectivity index is 2.72. The van der Waals surface area contributed by atoms with E-state index < -0.39 is 0 Å². The minimum atomic E-state index is -0.329. The number of hydrogen-bond donors (Lipinski definition) is 0. The predicted molar refractivity (Wildman–Crippen MR) is 46.7 cm³/mol. The summed E-state index contributed by atoms with van der Waals surface area (Å²) in [6.07, 6.45) is 1.76. The van der Waals surface area contributed by atoms with Crippen LogP contribution in [0, 0.1) is 12.2 Å². The van der Waals surface area contributed by atoms with E-state index in [4.69, 9.17) is 16.3 Å². The summed E-state index contributed by atoms with van der Waals surface area (Å²) in [4.78, 5) is 0. The van der Waals surface area contributed by atoms with Gasteiger partial charge in [-0.05, 0) is 23.8 Å². The molecule has 1 aromatic rings. The van der Waals surface area contributed by atoms with Crippen LogP contribution in [0.5, 0.6) is 0 Å². The van der Waals surface area contributed by atoms with Gasteiger partial charge in [0, 0.05) is 18.6 Å². The fraction of sp³-hybridized carbons (Fsp3) is 0.222. The smallest absolute Gasteiger partial charge is 0.124 e. The van der Waals surface area contributed by atoms with Gasteiger partial charge in [0.2, 0.25) is 0 Å². The van der Waals surface area contributed by atoms with Crippen molar-refractivity contribution in [1.82, 2.24) is 0 Å². The van der Waals surface area contributed by atoms with Gasteiger partial charge in [-0.1, -0.05) is 11.6 Å². The summed E-state index contributed by atoms with van der Waals surface area (Å²) in [5.41, 5.74) is 0.738. The van der Waals surface area contributed by atoms with Crippen LogP contribution in [0.1, 0.15) is 5.56 Å². The van der Waals surface area contributed by atoms with Crippen molar-refractivity contribution >= 4 is 11.6 Å². The summed E-state index contributed by atoms with van der Waals surface area (Å²) in [7, 11) is 1.58. The largest absolute Gasteiger partial charge is 0.384 e. The SMILES string of the molecule is COC[CH]c1cc(F)cc(Cl)c1. The predicted octanol–water partition coefficient (Wildman–Crippen LogP) is 2.68. The van der Waals surface area contributed by atoms with Crippen LogP contribution in [-0.2, 0) is 4.74 Å². The van der Waals surface area contributed by atoms with E-state index in [1.807, 2.05) is 0 Å². The quantitative estimate of drug-likeness (QED) is 0.707. The maximum Gasteiger partial charge on any atom is 0.124 e. The number of rotatable bonds is 3. The Morgan fingerprint density at radius 2 is 2.25 bits per heavy atom. The number of methoxy groups -OCH3 is 1. The maximum absolute atomic E-state index is 12.7. The average molecular weight is 188 g/mol. The van der Waals surface area contributed by atoms with Crippen molar-refractivity contribution < 1.29 is 9.13 Å². The topological polar surface area (TPSA) is 9.23 Å². The van der Waals surface area contributed by atoms with Crippen LogP contribution < -0.4 is 0 Å². The third kappa shape index (κ3) is 2.80. The highest BCUT2D eigenvalue weighted by Crippen LogP contribution is 2.15. The minimum Gasteiger partial charge on any atom is -0.384 e. The van der Waals surface area contributed by atoms with Crippen molar-refractivity contribution in [2.24, 2.45) is 0 Å². The number of hydrogen-bond acceptors (Lipinski definition) is 1. The molecule has 0 spiro atoms. The van der Waals surface area contributed by atoms with Gasteiger partial charge in [0.25, 0.3) is 0 Å². The summed E-state index contributed by atoms with van der Waals surface area (Å²) in [6.45, 7) is 0.458. The van der Waals surface area contributed by atoms with Crippen LogP contribution in [-0.4, -0.2) is 13.7 Å². The molecule has 0 aliphatic rings. The zero-order chi connectivity index (χ0) is 8.97. The lowest BCUT2D eigenvalue weighted by Crippen LogP contribution is -1.92. The number of ether oxygens (including phenoxy) is 1. The molecular formula is C9H9ClFO. The average Bonchev–Trinajstić information content (AvgIpc) is 1.99. The Hall–Kier alpha value is -0.600. The number of halogens is 2. The zero-order valence-electron chi connectivity index (χ0n) is 6.68. The van der Waals surface area contributed by atoms with Gasteiger partial charge in [-0.2, -0.15) is 0 Å². The van der Waals surface area contributed by atoms with Crippen molar-refractivity contribution in [3.05, 3.63) is 41.0 Å². The molecule has 1 radical (unpaired) electrons. The highest BCUT2D eigenvalue weighted by Gasteiger charge is 1.98. The molecule has 65 valence electrons. The first-order valence-electron chi connectivity index (χ1n) is 3.50. The van der Waals surface area contributed by atoms with Crippen molar-refractivity contribution in [3.63, 3.8) is 0 Å². The van der Waals surface area contributed by atoms with Gasteiger partial charge in [-0.25, -0.2) is 4.39 Å². The molecule has 0 atom stereocenters. The number of benzene rings is 1. The molecule has 1 aromatic carbocycles. The van der Waals surface area contributed by atoms with Crippen molar-refractivity contribution in [2.45, 2.75) is 0 Å². The summed E-state index contributed by atoms with van der Waals surface area (Å²) < 4.78 is 17.5. The maximum atomic E-state index is 12.7. The molecule has 0 unspecified atom stereocenters. The van der Waals surface area contributed by atoms with Crippen LogP contribution in [0.2, 0.25) is 5.02 Å². The molecule has 0 saturated heterocycles. The standard InChI is InChI=1S/C9H9ClFO/c1-12-3-2-7-4-8(10)6-9(11)5-7/h2,4-6H,3H2,1H3. The van der Waals surface area contributed by atoms with E-state index >= 15 is 0 Å². The van der Waals surface area contributed by atoms with E-state index in [0.717, 1.165) is 5.56 Å². The normalized spacial score (nSPS) is 10.2. The molecule has 0 bridgehead atoms. The van der Waals surface area contributed by atoms with Gasteiger partial charge in [0.1, 0.15) is 5.82 Å². The second kappa shape index (κ2) is 4.43. The molecule has 1 nitrogen and oxygen atoms in total. The van der Waals surface area contributed by atoms with E-state index in [9.17, 15) is 4.39 Å². The Morgan fingerprint density at radius 1 is 1.50 bits per heavy atom. The lowest BCUT2D eigenvalue weighted by molar-refractivity contribution is 0.225. The van der Waals surface area contributed by atoms with E-state index in [0.29, 0.717) is 11.6 Å². The second-order valence-electron chi connectivity index (χ2n) is 2.36. The van der Waals surface area contributed by atoms with Crippen molar-refractivity contribution in [3.8, 4) is 0 Å². The van der Waals surface area contributed by atoms with E-state index in [1.54, 1.807) is 19.6 Å². The van der Waals surface area contributed by atoms with Gasteiger partial charge >= 0.3 is 0 Å². The third-order valence-electron chi connectivity index (χ3n) is 1.37. The molecule has 0 fully saturated rings. The molecule has 0 aliphatic carbocycles. The van der Waals surface area contributed by atoms with Gasteiger partial charge in [-0.3, -0.25) is 0 Å². The van der Waals surface area contributed by atoms with Crippen molar-refractivity contribution in [2.75, 3.05) is 13.7 Å². The summed E-state index contributed by atoms with van der Waals surface area (Å²) in [5.74, 6) is -0.329. The lowest BCUT2D eigenvalue weighted by Gasteiger charge is -2.00. The molecule has 1 rings (SSSR count). The van der Waals surface area contributed by atoms with Gasteiger partial charge < -0.3 is 4.74 Å². The van der Waals surface area contributed by atoms with Crippen LogP contribution in [0.25, 0.3) is 0 Å². The molecular weight excluding hydrogens is 179 g/mol. The van der Waals surface area contributed by atoms with Crippen LogP contribution in [0.3, 0.4) is 0 Å². The first-order chi connectivity index (χ1) is 5.72. The summed E-state index contributed by atoms with van der Waals surface area (Å²) in [6, 6.07) is 4.36. The summed E-state index contributed by atoms with van der Waals surface area (Å²) >= 11 is 5.63. The van der Waals surface area contributed by atoms with E-state index in [1.165, 1.54) is 12.1 Å². The molecule has 3 heteroatoms. The first-order valence-corrected chi connectivity index (χ1v) is 3.88. The second-order valence-corrected chi connectivity index (χ2v) is 2.80. The Kier molecular flexibility index (Phi) is 3.50. The Bertz CT molecular complexity index is 242.